The van der Waals surface area contributed by atoms with Crippen LogP contribution in [0.1, 0.15) is 27.2 Å². The zero-order valence-corrected chi connectivity index (χ0v) is 14.5. The van der Waals surface area contributed by atoms with Gasteiger partial charge in [-0.15, -0.1) is 0 Å². The maximum atomic E-state index is 7.57. The summed E-state index contributed by atoms with van der Waals surface area (Å²) < 4.78 is 0. The SMILES string of the molecule is CCO.CCO.CCO.[CH2-]CCNc1ccccc1.[Ti]. The molecule has 5 heteroatoms. The molecule has 118 valence electrons. The van der Waals surface area contributed by atoms with E-state index in [-0.39, 0.29) is 41.5 Å². The third kappa shape index (κ3) is 36.0. The maximum absolute atomic E-state index is 7.57. The molecule has 0 bridgehead atoms. The van der Waals surface area contributed by atoms with E-state index in [1.807, 2.05) is 18.2 Å². The number of para-hydroxylation sites is 1. The standard InChI is InChI=1S/C9H12N.3C2H6O.Ti/c1-2-8-10-9-6-4-3-5-7-9;3*1-2-3;/h3-7,10H,1-2,8H2;3*3H,2H2,1H3;/q-1;;;;. The van der Waals surface area contributed by atoms with Gasteiger partial charge in [-0.25, -0.2) is 0 Å². The molecule has 0 atom stereocenters. The van der Waals surface area contributed by atoms with E-state index in [0.29, 0.717) is 0 Å². The summed E-state index contributed by atoms with van der Waals surface area (Å²) in [6.07, 6.45) is 0.925. The van der Waals surface area contributed by atoms with Crippen LogP contribution in [0.3, 0.4) is 0 Å². The fraction of sp³-hybridized carbons (Fsp3) is 0.533. The van der Waals surface area contributed by atoms with Gasteiger partial charge in [-0.05, 0) is 39.4 Å². The quantitative estimate of drug-likeness (QED) is 0.509. The molecule has 0 saturated heterocycles. The molecule has 1 aromatic carbocycles. The molecule has 0 fully saturated rings. The van der Waals surface area contributed by atoms with Crippen LogP contribution in [-0.2, 0) is 21.7 Å². The second-order valence-electron chi connectivity index (χ2n) is 3.10. The van der Waals surface area contributed by atoms with E-state index >= 15 is 0 Å². The van der Waals surface area contributed by atoms with Gasteiger partial charge in [0.15, 0.2) is 0 Å². The van der Waals surface area contributed by atoms with Crippen LogP contribution in [0, 0.1) is 6.92 Å². The van der Waals surface area contributed by atoms with Crippen molar-refractivity contribution in [2.75, 3.05) is 31.7 Å². The molecule has 0 unspecified atom stereocenters. The van der Waals surface area contributed by atoms with Crippen LogP contribution in [0.5, 0.6) is 0 Å². The largest absolute Gasteiger partial charge is 0.397 e. The summed E-state index contributed by atoms with van der Waals surface area (Å²) >= 11 is 0. The van der Waals surface area contributed by atoms with Gasteiger partial charge in [-0.3, -0.25) is 0 Å². The van der Waals surface area contributed by atoms with E-state index < -0.39 is 0 Å². The molecule has 1 aromatic rings. The summed E-state index contributed by atoms with van der Waals surface area (Å²) in [6.45, 7) is 10.5. The Kier molecular flexibility index (Phi) is 43.4. The summed E-state index contributed by atoms with van der Waals surface area (Å²) in [5.74, 6) is 0. The minimum Gasteiger partial charge on any atom is -0.397 e. The summed E-state index contributed by atoms with van der Waals surface area (Å²) in [6, 6.07) is 10.2. The molecular formula is C15H30NO3Ti-. The molecule has 0 aliphatic heterocycles. The molecule has 0 heterocycles. The molecule has 4 N–H and O–H groups in total. The zero-order valence-electron chi connectivity index (χ0n) is 13.0. The van der Waals surface area contributed by atoms with Gasteiger partial charge in [0.05, 0.1) is 0 Å². The molecule has 0 spiro atoms. The Bertz CT molecular complexity index is 219. The van der Waals surface area contributed by atoms with Crippen LogP contribution in [-0.4, -0.2) is 41.7 Å². The fourth-order valence-corrected chi connectivity index (χ4v) is 0.789. The molecule has 0 radical (unpaired) electrons. The number of hydrogen-bond acceptors (Lipinski definition) is 4. The Hall–Kier alpha value is -0.386. The molecule has 0 saturated carbocycles. The van der Waals surface area contributed by atoms with Crippen LogP contribution < -0.4 is 5.32 Å². The van der Waals surface area contributed by atoms with Gasteiger partial charge in [0.1, 0.15) is 0 Å². The van der Waals surface area contributed by atoms with Gasteiger partial charge >= 0.3 is 0 Å². The van der Waals surface area contributed by atoms with Crippen molar-refractivity contribution in [2.45, 2.75) is 27.2 Å². The van der Waals surface area contributed by atoms with Gasteiger partial charge in [-0.1, -0.05) is 18.2 Å². The second kappa shape index (κ2) is 31.2. The van der Waals surface area contributed by atoms with Crippen molar-refractivity contribution in [3.8, 4) is 0 Å². The van der Waals surface area contributed by atoms with Gasteiger partial charge in [0.25, 0.3) is 0 Å². The normalized spacial score (nSPS) is 7.35. The molecule has 4 nitrogen and oxygen atoms in total. The number of nitrogens with one attached hydrogen (secondary N) is 1. The van der Waals surface area contributed by atoms with Crippen molar-refractivity contribution in [3.63, 3.8) is 0 Å². The molecule has 20 heavy (non-hydrogen) atoms. The molecule has 0 aromatic heterocycles. The number of aliphatic hydroxyl groups is 3. The van der Waals surface area contributed by atoms with E-state index in [2.05, 4.69) is 24.4 Å². The first-order chi connectivity index (χ1) is 9.17. The molecule has 1 rings (SSSR count). The number of aliphatic hydroxyl groups excluding tert-OH is 3. The molecule has 0 aliphatic carbocycles. The summed E-state index contributed by atoms with van der Waals surface area (Å²) in [4.78, 5) is 0. The second-order valence-corrected chi connectivity index (χ2v) is 3.10. The topological polar surface area (TPSA) is 72.7 Å². The van der Waals surface area contributed by atoms with E-state index in [1.165, 1.54) is 5.69 Å². The van der Waals surface area contributed by atoms with Crippen LogP contribution in [0.2, 0.25) is 0 Å². The minimum absolute atomic E-state index is 0. The third-order valence-electron chi connectivity index (χ3n) is 1.28. The van der Waals surface area contributed by atoms with Crippen molar-refractivity contribution in [2.24, 2.45) is 0 Å². The van der Waals surface area contributed by atoms with Crippen LogP contribution >= 0.6 is 0 Å². The van der Waals surface area contributed by atoms with Gasteiger partial charge in [0, 0.05) is 47.2 Å². The van der Waals surface area contributed by atoms with Crippen molar-refractivity contribution < 1.29 is 37.0 Å². The van der Waals surface area contributed by atoms with E-state index in [0.717, 1.165) is 13.0 Å². The molecular weight excluding hydrogens is 290 g/mol. The summed E-state index contributed by atoms with van der Waals surface area (Å²) in [5.41, 5.74) is 1.17. The van der Waals surface area contributed by atoms with E-state index in [1.54, 1.807) is 20.8 Å². The monoisotopic (exact) mass is 320 g/mol. The Morgan fingerprint density at radius 2 is 1.25 bits per heavy atom. The van der Waals surface area contributed by atoms with E-state index in [4.69, 9.17) is 15.3 Å². The van der Waals surface area contributed by atoms with Crippen molar-refractivity contribution in [3.05, 3.63) is 37.3 Å². The van der Waals surface area contributed by atoms with Crippen molar-refractivity contribution in [1.82, 2.24) is 0 Å². The first kappa shape index (κ1) is 27.9. The number of benzene rings is 1. The first-order valence-corrected chi connectivity index (χ1v) is 6.58. The van der Waals surface area contributed by atoms with Gasteiger partial charge in [0.2, 0.25) is 0 Å². The fourth-order valence-electron chi connectivity index (χ4n) is 0.789. The maximum Gasteiger partial charge on any atom is 0.0402 e. The Balaban J connectivity index is -0.000000108. The first-order valence-electron chi connectivity index (χ1n) is 6.58. The average Bonchev–Trinajstić information content (AvgIpc) is 2.40. The van der Waals surface area contributed by atoms with Gasteiger partial charge < -0.3 is 27.6 Å². The summed E-state index contributed by atoms with van der Waals surface area (Å²) in [7, 11) is 0. The third-order valence-corrected chi connectivity index (χ3v) is 1.28. The van der Waals surface area contributed by atoms with Crippen LogP contribution in [0.4, 0.5) is 5.69 Å². The predicted octanol–water partition coefficient (Wildman–Crippen LogP) is 2.32. The number of anilines is 1. The van der Waals surface area contributed by atoms with Crippen molar-refractivity contribution in [1.29, 1.82) is 0 Å². The molecule has 0 aliphatic rings. The van der Waals surface area contributed by atoms with Crippen LogP contribution in [0.15, 0.2) is 30.3 Å². The Labute approximate surface area is 139 Å². The van der Waals surface area contributed by atoms with E-state index in [9.17, 15) is 0 Å². The average molecular weight is 320 g/mol. The zero-order chi connectivity index (χ0) is 15.4. The minimum atomic E-state index is 0. The Morgan fingerprint density at radius 1 is 0.900 bits per heavy atom. The Morgan fingerprint density at radius 3 is 1.55 bits per heavy atom. The number of hydrogen-bond donors (Lipinski definition) is 4. The van der Waals surface area contributed by atoms with Crippen molar-refractivity contribution >= 4 is 5.69 Å². The summed E-state index contributed by atoms with van der Waals surface area (Å²) in [5, 5.41) is 25.9. The van der Waals surface area contributed by atoms with Gasteiger partial charge in [-0.2, -0.15) is 6.42 Å². The predicted molar refractivity (Wildman–Crippen MR) is 83.2 cm³/mol. The molecule has 0 amide bonds. The smallest absolute Gasteiger partial charge is 0.0402 e. The van der Waals surface area contributed by atoms with Crippen LogP contribution in [0.25, 0.3) is 0 Å². The number of rotatable bonds is 3.